The summed E-state index contributed by atoms with van der Waals surface area (Å²) >= 11 is 0. The minimum atomic E-state index is -0.507. The molecule has 7 nitrogen and oxygen atoms in total. The molecule has 0 radical (unpaired) electrons. The van der Waals surface area contributed by atoms with Crippen molar-refractivity contribution < 1.29 is 9.50 Å². The number of imidazole rings is 1. The third-order valence-corrected chi connectivity index (χ3v) is 5.63. The van der Waals surface area contributed by atoms with Crippen LogP contribution in [0.1, 0.15) is 36.7 Å². The molecule has 0 aliphatic carbocycles. The summed E-state index contributed by atoms with van der Waals surface area (Å²) < 4.78 is 15.9. The fraction of sp³-hybridized carbons (Fsp3) is 0.240. The average Bonchev–Trinajstić information content (AvgIpc) is 3.43. The van der Waals surface area contributed by atoms with Crippen LogP contribution in [0.25, 0.3) is 22.1 Å². The molecule has 0 aliphatic rings. The molecule has 0 saturated heterocycles. The lowest BCUT2D eigenvalue weighted by molar-refractivity contribution is 0.270. The molecule has 0 amide bonds. The Hall–Kier alpha value is -3.78. The Balaban J connectivity index is 1.67. The maximum atomic E-state index is 14.0. The lowest BCUT2D eigenvalue weighted by Gasteiger charge is -2.13. The number of aliphatic hydroxyl groups excluding tert-OH is 1. The molecule has 1 unspecified atom stereocenters. The number of nitrogens with one attached hydrogen (secondary N) is 2. The number of hydrogen-bond donors (Lipinski definition) is 3. The molecule has 0 bridgehead atoms. The van der Waals surface area contributed by atoms with E-state index >= 15 is 0 Å². The zero-order valence-corrected chi connectivity index (χ0v) is 18.7. The Morgan fingerprint density at radius 2 is 2.21 bits per heavy atom. The van der Waals surface area contributed by atoms with Gasteiger partial charge in [-0.25, -0.2) is 14.4 Å². The number of aromatic nitrogens is 4. The highest BCUT2D eigenvalue weighted by Crippen LogP contribution is 2.25. The van der Waals surface area contributed by atoms with Crippen molar-refractivity contribution in [1.82, 2.24) is 19.4 Å². The normalized spacial score (nSPS) is 13.6. The van der Waals surface area contributed by atoms with E-state index in [-0.39, 0.29) is 12.5 Å². The first-order chi connectivity index (χ1) is 16.0. The van der Waals surface area contributed by atoms with Crippen LogP contribution >= 0.6 is 0 Å². The Morgan fingerprint density at radius 1 is 1.39 bits per heavy atom. The third-order valence-electron chi connectivity index (χ3n) is 5.63. The number of H-pyrrole nitrogens is 1. The first-order valence-electron chi connectivity index (χ1n) is 10.8. The summed E-state index contributed by atoms with van der Waals surface area (Å²) in [6.07, 6.45) is 8.80. The Bertz CT molecular complexity index is 1350. The fourth-order valence-corrected chi connectivity index (χ4v) is 3.83. The van der Waals surface area contributed by atoms with E-state index in [2.05, 4.69) is 39.1 Å². The molecule has 0 spiro atoms. The van der Waals surface area contributed by atoms with Gasteiger partial charge in [-0.3, -0.25) is 9.39 Å². The lowest BCUT2D eigenvalue weighted by atomic mass is 10.1. The number of benzene rings is 1. The van der Waals surface area contributed by atoms with E-state index in [1.54, 1.807) is 13.1 Å². The molecule has 3 heterocycles. The van der Waals surface area contributed by atoms with Crippen LogP contribution in [0, 0.1) is 0 Å². The van der Waals surface area contributed by atoms with Crippen molar-refractivity contribution in [3.8, 4) is 0 Å². The number of aliphatic imine (C=N–C) groups is 1. The maximum Gasteiger partial charge on any atom is 0.180 e. The van der Waals surface area contributed by atoms with E-state index in [1.165, 1.54) is 17.0 Å². The number of allylic oxidation sites excluding steroid dienone is 3. The largest absolute Gasteiger partial charge is 0.396 e. The standard InChI is InChI=1S/C25H27FN6O/c1-16(10-19(26)12-27-3)22-14-32-23(17(2)15-33)13-30-25(32)24(31-22)28-9-8-18-11-29-21-7-5-4-6-20(18)21/h4-7,10-14,17,29,33H,3,8-9,15H2,1-2H3,(H,28,31)/b16-10+,19-12+. The SMILES string of the molecule is C=N/C=C(F)\C=C(/C)c1cn2c(C(C)CO)cnc2c(NCCc2c[nH]c3ccccc23)n1. The highest BCUT2D eigenvalue weighted by atomic mass is 19.1. The predicted molar refractivity (Wildman–Crippen MR) is 131 cm³/mol. The summed E-state index contributed by atoms with van der Waals surface area (Å²) in [6.45, 7) is 7.63. The van der Waals surface area contributed by atoms with Gasteiger partial charge in [0.25, 0.3) is 0 Å². The molecule has 4 aromatic rings. The first kappa shape index (κ1) is 22.4. The summed E-state index contributed by atoms with van der Waals surface area (Å²) in [4.78, 5) is 16.0. The first-order valence-corrected chi connectivity index (χ1v) is 10.8. The Kier molecular flexibility index (Phi) is 6.65. The van der Waals surface area contributed by atoms with Crippen LogP contribution in [0.5, 0.6) is 0 Å². The second-order valence-corrected chi connectivity index (χ2v) is 8.00. The molecule has 3 aromatic heterocycles. The van der Waals surface area contributed by atoms with Crippen molar-refractivity contribution in [2.75, 3.05) is 18.5 Å². The minimum absolute atomic E-state index is 0.00797. The van der Waals surface area contributed by atoms with E-state index in [1.807, 2.05) is 35.9 Å². The zero-order chi connectivity index (χ0) is 23.4. The van der Waals surface area contributed by atoms with Gasteiger partial charge in [0.15, 0.2) is 11.5 Å². The van der Waals surface area contributed by atoms with Crippen LogP contribution < -0.4 is 5.32 Å². The second-order valence-electron chi connectivity index (χ2n) is 8.00. The number of fused-ring (bicyclic) bond motifs is 2. The monoisotopic (exact) mass is 446 g/mol. The van der Waals surface area contributed by atoms with Crippen molar-refractivity contribution in [1.29, 1.82) is 0 Å². The summed E-state index contributed by atoms with van der Waals surface area (Å²) in [7, 11) is 0. The number of halogens is 1. The molecule has 4 rings (SSSR count). The maximum absolute atomic E-state index is 14.0. The molecule has 33 heavy (non-hydrogen) atoms. The smallest absolute Gasteiger partial charge is 0.180 e. The second kappa shape index (κ2) is 9.79. The number of anilines is 1. The molecule has 3 N–H and O–H groups in total. The highest BCUT2D eigenvalue weighted by molar-refractivity contribution is 5.83. The van der Waals surface area contributed by atoms with Gasteiger partial charge >= 0.3 is 0 Å². The van der Waals surface area contributed by atoms with E-state index in [4.69, 9.17) is 4.98 Å². The fourth-order valence-electron chi connectivity index (χ4n) is 3.83. The molecule has 170 valence electrons. The number of rotatable bonds is 9. The molecule has 0 aliphatic heterocycles. The van der Waals surface area contributed by atoms with Crippen molar-refractivity contribution >= 4 is 34.7 Å². The number of nitrogens with zero attached hydrogens (tertiary/aromatic N) is 4. The molecule has 8 heteroatoms. The summed E-state index contributed by atoms with van der Waals surface area (Å²) in [5.41, 5.74) is 5.05. The number of hydrogen-bond acceptors (Lipinski definition) is 5. The highest BCUT2D eigenvalue weighted by Gasteiger charge is 2.16. The van der Waals surface area contributed by atoms with Gasteiger partial charge in [-0.2, -0.15) is 0 Å². The van der Waals surface area contributed by atoms with Gasteiger partial charge in [0.2, 0.25) is 0 Å². The van der Waals surface area contributed by atoms with Crippen LogP contribution in [-0.4, -0.2) is 44.3 Å². The molecular formula is C25H27FN6O. The van der Waals surface area contributed by atoms with Crippen molar-refractivity contribution in [3.63, 3.8) is 0 Å². The average molecular weight is 447 g/mol. The molecule has 1 aromatic carbocycles. The van der Waals surface area contributed by atoms with E-state index in [0.717, 1.165) is 23.8 Å². The van der Waals surface area contributed by atoms with Crippen LogP contribution in [0.15, 0.2) is 66.0 Å². The van der Waals surface area contributed by atoms with E-state index in [0.29, 0.717) is 29.3 Å². The Morgan fingerprint density at radius 3 is 3.00 bits per heavy atom. The van der Waals surface area contributed by atoms with Crippen LogP contribution in [-0.2, 0) is 6.42 Å². The number of aliphatic hydroxyl groups is 1. The number of aromatic amines is 1. The van der Waals surface area contributed by atoms with Crippen LogP contribution in [0.3, 0.4) is 0 Å². The van der Waals surface area contributed by atoms with Gasteiger partial charge in [0, 0.05) is 47.7 Å². The van der Waals surface area contributed by atoms with Crippen molar-refractivity contribution in [3.05, 3.63) is 77.9 Å². The summed E-state index contributed by atoms with van der Waals surface area (Å²) in [5, 5.41) is 14.3. The molecule has 0 saturated carbocycles. The lowest BCUT2D eigenvalue weighted by Crippen LogP contribution is -2.10. The molecule has 0 fully saturated rings. The van der Waals surface area contributed by atoms with Crippen molar-refractivity contribution in [2.24, 2.45) is 4.99 Å². The van der Waals surface area contributed by atoms with Crippen molar-refractivity contribution in [2.45, 2.75) is 26.2 Å². The zero-order valence-electron chi connectivity index (χ0n) is 18.7. The molecule has 1 atom stereocenters. The van der Waals surface area contributed by atoms with Gasteiger partial charge in [0.05, 0.1) is 18.5 Å². The Labute approximate surface area is 191 Å². The van der Waals surface area contributed by atoms with E-state index < -0.39 is 5.83 Å². The third kappa shape index (κ3) is 4.70. The van der Waals surface area contributed by atoms with E-state index in [9.17, 15) is 9.50 Å². The minimum Gasteiger partial charge on any atom is -0.396 e. The van der Waals surface area contributed by atoms with Gasteiger partial charge in [0.1, 0.15) is 5.83 Å². The van der Waals surface area contributed by atoms with Crippen LogP contribution in [0.2, 0.25) is 0 Å². The quantitative estimate of drug-likeness (QED) is 0.253. The summed E-state index contributed by atoms with van der Waals surface area (Å²) in [5.74, 6) is -0.0178. The van der Waals surface area contributed by atoms with Crippen LogP contribution in [0.4, 0.5) is 10.2 Å². The van der Waals surface area contributed by atoms with Gasteiger partial charge in [-0.05, 0) is 43.3 Å². The predicted octanol–water partition coefficient (Wildman–Crippen LogP) is 4.88. The molecular weight excluding hydrogens is 419 g/mol. The van der Waals surface area contributed by atoms with Gasteiger partial charge < -0.3 is 15.4 Å². The van der Waals surface area contributed by atoms with Gasteiger partial charge in [-0.1, -0.05) is 25.1 Å². The van der Waals surface area contributed by atoms with Gasteiger partial charge in [-0.15, -0.1) is 0 Å². The number of para-hydroxylation sites is 1. The topological polar surface area (TPSA) is 90.6 Å². The summed E-state index contributed by atoms with van der Waals surface area (Å²) in [6, 6.07) is 8.19.